The van der Waals surface area contributed by atoms with Gasteiger partial charge in [-0.05, 0) is 55.5 Å². The Kier molecular flexibility index (Phi) is 5.77. The lowest BCUT2D eigenvalue weighted by Gasteiger charge is -2.32. The van der Waals surface area contributed by atoms with Crippen molar-refractivity contribution in [3.05, 3.63) is 28.8 Å². The summed E-state index contributed by atoms with van der Waals surface area (Å²) in [6, 6.07) is 4.88. The van der Waals surface area contributed by atoms with Gasteiger partial charge < -0.3 is 0 Å². The van der Waals surface area contributed by atoms with Crippen LogP contribution in [0.15, 0.2) is 12.1 Å². The molecular formula is C19H30IP. The minimum absolute atomic E-state index is 0.170. The Bertz CT molecular complexity index is 499. The lowest BCUT2D eigenvalue weighted by molar-refractivity contribution is 0.554. The van der Waals surface area contributed by atoms with E-state index in [9.17, 15) is 0 Å². The van der Waals surface area contributed by atoms with Crippen LogP contribution in [-0.2, 0) is 16.2 Å². The monoisotopic (exact) mass is 416 g/mol. The maximum atomic E-state index is 2.44. The zero-order valence-electron chi connectivity index (χ0n) is 15.1. The van der Waals surface area contributed by atoms with Crippen LogP contribution in [0.25, 0.3) is 0 Å². The second kappa shape index (κ2) is 6.32. The fourth-order valence-corrected chi connectivity index (χ4v) is 4.41. The van der Waals surface area contributed by atoms with Gasteiger partial charge >= 0.3 is 0 Å². The summed E-state index contributed by atoms with van der Waals surface area (Å²) in [5, 5.41) is 1.50. The molecule has 2 heteroatoms. The van der Waals surface area contributed by atoms with Gasteiger partial charge in [0.1, 0.15) is 0 Å². The summed E-state index contributed by atoms with van der Waals surface area (Å²) >= 11 is 2.37. The second-order valence-corrected chi connectivity index (χ2v) is 11.5. The van der Waals surface area contributed by atoms with Crippen LogP contribution < -0.4 is 5.30 Å². The summed E-state index contributed by atoms with van der Waals surface area (Å²) in [7, 11) is 1.32. The molecule has 1 aromatic rings. The van der Waals surface area contributed by atoms with Gasteiger partial charge in [0.2, 0.25) is 0 Å². The molecule has 118 valence electrons. The van der Waals surface area contributed by atoms with Crippen molar-refractivity contribution in [3.8, 4) is 0 Å². The van der Waals surface area contributed by atoms with Crippen LogP contribution >= 0.6 is 30.8 Å². The first-order valence-corrected chi connectivity index (χ1v) is 9.81. The molecule has 21 heavy (non-hydrogen) atoms. The average Bonchev–Trinajstić information content (AvgIpc) is 2.24. The highest BCUT2D eigenvalue weighted by Gasteiger charge is 2.28. The van der Waals surface area contributed by atoms with Crippen molar-refractivity contribution in [2.45, 2.75) is 78.6 Å². The standard InChI is InChI=1S/C19H30IP/c1-17(2,3)13-10-14(18(4,5)6)16(21-12-20)15(11-13)19(7,8)9/h10-12H,1-9H3. The van der Waals surface area contributed by atoms with E-state index in [1.165, 1.54) is 30.2 Å². The molecule has 0 aliphatic heterocycles. The summed E-state index contributed by atoms with van der Waals surface area (Å²) < 4.78 is 2.23. The summed E-state index contributed by atoms with van der Waals surface area (Å²) in [6.07, 6.45) is 0. The Labute approximate surface area is 147 Å². The highest BCUT2D eigenvalue weighted by molar-refractivity contribution is 14.1. The molecule has 0 unspecified atom stereocenters. The van der Waals surface area contributed by atoms with Gasteiger partial charge in [0.05, 0.1) is 0 Å². The molecule has 0 bridgehead atoms. The van der Waals surface area contributed by atoms with Gasteiger partial charge in [0.15, 0.2) is 0 Å². The Morgan fingerprint density at radius 3 is 1.38 bits per heavy atom. The van der Waals surface area contributed by atoms with Crippen LogP contribution in [0, 0.1) is 0 Å². The van der Waals surface area contributed by atoms with E-state index >= 15 is 0 Å². The lowest BCUT2D eigenvalue weighted by atomic mass is 9.75. The first-order chi connectivity index (χ1) is 9.28. The summed E-state index contributed by atoms with van der Waals surface area (Å²) in [5.74, 6) is 0. The molecule has 0 aliphatic carbocycles. The highest BCUT2D eigenvalue weighted by atomic mass is 127. The molecular weight excluding hydrogens is 386 g/mol. The Balaban J connectivity index is 3.84. The lowest BCUT2D eigenvalue weighted by Crippen LogP contribution is -2.29. The van der Waals surface area contributed by atoms with Gasteiger partial charge in [-0.3, -0.25) is 0 Å². The SMILES string of the molecule is CC(C)(C)c1cc(C(C)(C)C)c(P=CI)c(C(C)(C)C)c1. The van der Waals surface area contributed by atoms with Crippen molar-refractivity contribution in [3.63, 3.8) is 0 Å². The number of halogens is 1. The minimum atomic E-state index is 0.170. The quantitative estimate of drug-likeness (QED) is 0.370. The molecule has 0 heterocycles. The van der Waals surface area contributed by atoms with Crippen molar-refractivity contribution in [2.75, 3.05) is 0 Å². The van der Waals surface area contributed by atoms with E-state index in [-0.39, 0.29) is 16.2 Å². The fraction of sp³-hybridized carbons (Fsp3) is 0.632. The molecule has 0 atom stereocenters. The number of hydrogen-bond acceptors (Lipinski definition) is 0. The number of hydrogen-bond donors (Lipinski definition) is 0. The molecule has 0 spiro atoms. The van der Waals surface area contributed by atoms with Crippen LogP contribution in [0.5, 0.6) is 0 Å². The van der Waals surface area contributed by atoms with Gasteiger partial charge in [0.25, 0.3) is 0 Å². The van der Waals surface area contributed by atoms with Crippen LogP contribution in [0.2, 0.25) is 0 Å². The zero-order valence-corrected chi connectivity index (χ0v) is 18.1. The van der Waals surface area contributed by atoms with E-state index in [1.807, 2.05) is 0 Å². The van der Waals surface area contributed by atoms with E-state index in [0.717, 1.165) is 0 Å². The maximum absolute atomic E-state index is 2.44. The topological polar surface area (TPSA) is 0 Å². The molecule has 0 amide bonds. The smallest absolute Gasteiger partial charge is 0.00970 e. The third-order valence-electron chi connectivity index (χ3n) is 3.77. The minimum Gasteiger partial charge on any atom is -0.0612 e. The highest BCUT2D eigenvalue weighted by Crippen LogP contribution is 2.35. The first-order valence-electron chi connectivity index (χ1n) is 7.60. The van der Waals surface area contributed by atoms with Crippen molar-refractivity contribution >= 4 is 39.9 Å². The molecule has 0 fully saturated rings. The molecule has 1 rings (SSSR count). The van der Waals surface area contributed by atoms with Gasteiger partial charge in [-0.2, -0.15) is 0 Å². The Morgan fingerprint density at radius 1 is 0.762 bits per heavy atom. The van der Waals surface area contributed by atoms with Gasteiger partial charge in [-0.15, -0.1) is 0 Å². The van der Waals surface area contributed by atoms with E-state index in [1.54, 1.807) is 0 Å². The molecule has 0 nitrogen and oxygen atoms in total. The van der Waals surface area contributed by atoms with Gasteiger partial charge in [0, 0.05) is 9.11 Å². The Hall–Kier alpha value is 0.120. The summed E-state index contributed by atoms with van der Waals surface area (Å²) in [5.41, 5.74) is 4.96. The maximum Gasteiger partial charge on any atom is 0.00970 e. The third-order valence-corrected chi connectivity index (χ3v) is 5.44. The number of benzene rings is 1. The molecule has 0 N–H and O–H groups in total. The molecule has 0 aliphatic rings. The predicted molar refractivity (Wildman–Crippen MR) is 109 cm³/mol. The van der Waals surface area contributed by atoms with E-state index < -0.39 is 0 Å². The molecule has 0 radical (unpaired) electrons. The van der Waals surface area contributed by atoms with Crippen LogP contribution in [-0.4, -0.2) is 3.80 Å². The molecule has 0 saturated carbocycles. The molecule has 0 saturated heterocycles. The number of rotatable bonds is 1. The normalized spacial score (nSPS) is 14.0. The summed E-state index contributed by atoms with van der Waals surface area (Å²) in [6.45, 7) is 20.9. The van der Waals surface area contributed by atoms with E-state index in [4.69, 9.17) is 0 Å². The third kappa shape index (κ3) is 4.79. The van der Waals surface area contributed by atoms with Gasteiger partial charge in [-0.1, -0.05) is 82.7 Å². The molecule has 1 aromatic carbocycles. The van der Waals surface area contributed by atoms with E-state index in [0.29, 0.717) is 0 Å². The summed E-state index contributed by atoms with van der Waals surface area (Å²) in [4.78, 5) is 0. The molecule has 0 aromatic heterocycles. The van der Waals surface area contributed by atoms with Crippen LogP contribution in [0.3, 0.4) is 0 Å². The van der Waals surface area contributed by atoms with Gasteiger partial charge in [-0.25, -0.2) is 0 Å². The Morgan fingerprint density at radius 2 is 1.14 bits per heavy atom. The second-order valence-electron chi connectivity index (χ2n) is 8.90. The first kappa shape index (κ1) is 19.2. The zero-order chi connectivity index (χ0) is 16.6. The predicted octanol–water partition coefficient (Wildman–Crippen LogP) is 6.35. The van der Waals surface area contributed by atoms with Crippen molar-refractivity contribution in [1.29, 1.82) is 0 Å². The van der Waals surface area contributed by atoms with E-state index in [2.05, 4.69) is 101 Å². The largest absolute Gasteiger partial charge is 0.0612 e. The van der Waals surface area contributed by atoms with Crippen molar-refractivity contribution in [1.82, 2.24) is 0 Å². The van der Waals surface area contributed by atoms with Crippen molar-refractivity contribution in [2.24, 2.45) is 0 Å². The van der Waals surface area contributed by atoms with Crippen LogP contribution in [0.1, 0.15) is 79.0 Å². The van der Waals surface area contributed by atoms with Crippen LogP contribution in [0.4, 0.5) is 0 Å². The van der Waals surface area contributed by atoms with Crippen molar-refractivity contribution < 1.29 is 0 Å². The fourth-order valence-electron chi connectivity index (χ4n) is 2.40. The average molecular weight is 416 g/mol.